The molecule has 2 aromatic rings. The lowest BCUT2D eigenvalue weighted by Crippen LogP contribution is -2.25. The molecule has 1 N–H and O–H groups in total. The van der Waals surface area contributed by atoms with E-state index in [1.807, 2.05) is 31.2 Å². The number of likely N-dealkylation sites (N-methyl/N-ethyl adjacent to an activating group) is 1. The molecule has 2 aromatic carbocycles. The average Bonchev–Trinajstić information content (AvgIpc) is 2.59. The summed E-state index contributed by atoms with van der Waals surface area (Å²) in [6.07, 6.45) is 0. The number of rotatable bonds is 6. The van der Waals surface area contributed by atoms with Gasteiger partial charge >= 0.3 is 0 Å². The van der Waals surface area contributed by atoms with Gasteiger partial charge in [-0.05, 0) is 55.5 Å². The second-order valence-electron chi connectivity index (χ2n) is 4.68. The van der Waals surface area contributed by atoms with Crippen molar-refractivity contribution in [3.8, 4) is 6.07 Å². The number of azo groups is 1. The van der Waals surface area contributed by atoms with Crippen LogP contribution in [0.4, 0.5) is 17.1 Å². The van der Waals surface area contributed by atoms with E-state index in [-0.39, 0.29) is 6.61 Å². The van der Waals surface area contributed by atoms with Gasteiger partial charge in [0.25, 0.3) is 0 Å². The molecule has 0 unspecified atom stereocenters. The molecule has 0 radical (unpaired) electrons. The van der Waals surface area contributed by atoms with Gasteiger partial charge < -0.3 is 10.0 Å². The van der Waals surface area contributed by atoms with Crippen LogP contribution >= 0.6 is 0 Å². The molecule has 5 heteroatoms. The van der Waals surface area contributed by atoms with Gasteiger partial charge in [-0.15, -0.1) is 0 Å². The number of benzene rings is 2. The first-order valence-electron chi connectivity index (χ1n) is 7.14. The minimum Gasteiger partial charge on any atom is -0.395 e. The van der Waals surface area contributed by atoms with Gasteiger partial charge in [0.05, 0.1) is 29.6 Å². The van der Waals surface area contributed by atoms with E-state index in [1.54, 1.807) is 24.3 Å². The first-order valence-corrected chi connectivity index (χ1v) is 7.14. The molecule has 22 heavy (non-hydrogen) atoms. The van der Waals surface area contributed by atoms with Gasteiger partial charge in [0.2, 0.25) is 0 Å². The number of nitriles is 1. The number of nitrogens with zero attached hydrogens (tertiary/aromatic N) is 4. The van der Waals surface area contributed by atoms with Crippen molar-refractivity contribution >= 4 is 17.1 Å². The van der Waals surface area contributed by atoms with Crippen molar-refractivity contribution in [3.05, 3.63) is 54.1 Å². The summed E-state index contributed by atoms with van der Waals surface area (Å²) in [7, 11) is 0. The minimum atomic E-state index is 0.133. The van der Waals surface area contributed by atoms with E-state index >= 15 is 0 Å². The van der Waals surface area contributed by atoms with Crippen LogP contribution in [0.5, 0.6) is 0 Å². The summed E-state index contributed by atoms with van der Waals surface area (Å²) < 4.78 is 0. The van der Waals surface area contributed by atoms with E-state index in [2.05, 4.69) is 21.2 Å². The van der Waals surface area contributed by atoms with Crippen LogP contribution in [0.25, 0.3) is 0 Å². The van der Waals surface area contributed by atoms with Crippen LogP contribution in [-0.4, -0.2) is 24.8 Å². The Balaban J connectivity index is 2.06. The molecule has 0 heterocycles. The maximum atomic E-state index is 9.04. The second kappa shape index (κ2) is 7.91. The van der Waals surface area contributed by atoms with Crippen molar-refractivity contribution in [3.63, 3.8) is 0 Å². The summed E-state index contributed by atoms with van der Waals surface area (Å²) in [6, 6.07) is 16.7. The maximum absolute atomic E-state index is 9.04. The lowest BCUT2D eigenvalue weighted by atomic mass is 10.2. The van der Waals surface area contributed by atoms with Gasteiger partial charge in [-0.1, -0.05) is 0 Å². The Morgan fingerprint density at radius 1 is 1.00 bits per heavy atom. The Bertz CT molecular complexity index is 657. The third-order valence-electron chi connectivity index (χ3n) is 3.24. The van der Waals surface area contributed by atoms with Crippen LogP contribution < -0.4 is 4.90 Å². The Morgan fingerprint density at radius 3 is 2.00 bits per heavy atom. The molecule has 0 amide bonds. The smallest absolute Gasteiger partial charge is 0.0991 e. The molecule has 0 saturated carbocycles. The van der Waals surface area contributed by atoms with Gasteiger partial charge in [0.15, 0.2) is 0 Å². The molecule has 0 aromatic heterocycles. The van der Waals surface area contributed by atoms with E-state index < -0.39 is 0 Å². The SMILES string of the molecule is CCN(CCO)c1ccc(N=Nc2ccc(C#N)cc2)cc1. The monoisotopic (exact) mass is 294 g/mol. The van der Waals surface area contributed by atoms with Crippen molar-refractivity contribution in [2.75, 3.05) is 24.6 Å². The summed E-state index contributed by atoms with van der Waals surface area (Å²) in [5.41, 5.74) is 3.12. The van der Waals surface area contributed by atoms with Crippen LogP contribution in [0.1, 0.15) is 12.5 Å². The summed E-state index contributed by atoms with van der Waals surface area (Å²) in [5, 5.41) is 26.1. The van der Waals surface area contributed by atoms with Gasteiger partial charge in [-0.25, -0.2) is 0 Å². The Kier molecular flexibility index (Phi) is 5.64. The standard InChI is InChI=1S/C17H18N4O/c1-2-21(11-12-22)17-9-7-16(8-10-17)20-19-15-5-3-14(13-18)4-6-15/h3-10,22H,2,11-12H2,1H3. The molecule has 0 bridgehead atoms. The third-order valence-corrected chi connectivity index (χ3v) is 3.24. The average molecular weight is 294 g/mol. The first kappa shape index (κ1) is 15.7. The van der Waals surface area contributed by atoms with Crippen molar-refractivity contribution in [2.45, 2.75) is 6.92 Å². The molecular formula is C17H18N4O. The van der Waals surface area contributed by atoms with Crippen LogP contribution in [0.15, 0.2) is 58.8 Å². The second-order valence-corrected chi connectivity index (χ2v) is 4.68. The summed E-state index contributed by atoms with van der Waals surface area (Å²) in [6.45, 7) is 3.64. The zero-order chi connectivity index (χ0) is 15.8. The minimum absolute atomic E-state index is 0.133. The van der Waals surface area contributed by atoms with Crippen LogP contribution in [-0.2, 0) is 0 Å². The maximum Gasteiger partial charge on any atom is 0.0991 e. The molecule has 0 fully saturated rings. The lowest BCUT2D eigenvalue weighted by molar-refractivity contribution is 0.302. The van der Waals surface area contributed by atoms with Crippen LogP contribution in [0.2, 0.25) is 0 Å². The largest absolute Gasteiger partial charge is 0.395 e. The highest BCUT2D eigenvalue weighted by Crippen LogP contribution is 2.22. The fourth-order valence-electron chi connectivity index (χ4n) is 2.04. The molecular weight excluding hydrogens is 276 g/mol. The molecule has 0 atom stereocenters. The highest BCUT2D eigenvalue weighted by molar-refractivity contribution is 5.53. The molecule has 5 nitrogen and oxygen atoms in total. The van der Waals surface area contributed by atoms with Gasteiger partial charge in [-0.3, -0.25) is 0 Å². The molecule has 112 valence electrons. The van der Waals surface area contributed by atoms with E-state index in [4.69, 9.17) is 10.4 Å². The Morgan fingerprint density at radius 2 is 1.55 bits per heavy atom. The normalized spacial score (nSPS) is 10.6. The zero-order valence-corrected chi connectivity index (χ0v) is 12.5. The third kappa shape index (κ3) is 4.14. The number of anilines is 1. The van der Waals surface area contributed by atoms with Crippen molar-refractivity contribution in [1.82, 2.24) is 0 Å². The van der Waals surface area contributed by atoms with E-state index in [0.717, 1.165) is 17.9 Å². The van der Waals surface area contributed by atoms with E-state index in [9.17, 15) is 0 Å². The fraction of sp³-hybridized carbons (Fsp3) is 0.235. The number of aliphatic hydroxyl groups is 1. The molecule has 2 rings (SSSR count). The predicted octanol–water partition coefficient (Wildman–Crippen LogP) is 3.79. The Hall–Kier alpha value is -2.71. The predicted molar refractivity (Wildman–Crippen MR) is 86.7 cm³/mol. The fourth-order valence-corrected chi connectivity index (χ4v) is 2.04. The molecule has 0 saturated heterocycles. The van der Waals surface area contributed by atoms with Crippen LogP contribution in [0.3, 0.4) is 0 Å². The molecule has 0 aliphatic carbocycles. The highest BCUT2D eigenvalue weighted by Gasteiger charge is 2.02. The molecule has 0 spiro atoms. The zero-order valence-electron chi connectivity index (χ0n) is 12.5. The van der Waals surface area contributed by atoms with Crippen molar-refractivity contribution in [2.24, 2.45) is 10.2 Å². The van der Waals surface area contributed by atoms with Crippen molar-refractivity contribution in [1.29, 1.82) is 5.26 Å². The summed E-state index contributed by atoms with van der Waals surface area (Å²) >= 11 is 0. The quantitative estimate of drug-likeness (QED) is 0.824. The highest BCUT2D eigenvalue weighted by atomic mass is 16.3. The van der Waals surface area contributed by atoms with E-state index in [0.29, 0.717) is 17.8 Å². The van der Waals surface area contributed by atoms with Crippen molar-refractivity contribution < 1.29 is 5.11 Å². The number of hydrogen-bond acceptors (Lipinski definition) is 5. The van der Waals surface area contributed by atoms with E-state index in [1.165, 1.54) is 0 Å². The van der Waals surface area contributed by atoms with Crippen LogP contribution in [0, 0.1) is 11.3 Å². The van der Waals surface area contributed by atoms with Gasteiger partial charge in [0.1, 0.15) is 0 Å². The topological polar surface area (TPSA) is 72.0 Å². The Labute approximate surface area is 130 Å². The molecule has 0 aliphatic rings. The number of hydrogen-bond donors (Lipinski definition) is 1. The van der Waals surface area contributed by atoms with Gasteiger partial charge in [-0.2, -0.15) is 15.5 Å². The summed E-state index contributed by atoms with van der Waals surface area (Å²) in [5.74, 6) is 0. The lowest BCUT2D eigenvalue weighted by Gasteiger charge is -2.21. The summed E-state index contributed by atoms with van der Waals surface area (Å²) in [4.78, 5) is 2.08. The number of aliphatic hydroxyl groups excluding tert-OH is 1. The first-order chi connectivity index (χ1) is 10.8. The van der Waals surface area contributed by atoms with Gasteiger partial charge in [0, 0.05) is 18.8 Å². The molecule has 0 aliphatic heterocycles.